The molecule has 0 aliphatic rings. The molecule has 4 aromatic rings. The summed E-state index contributed by atoms with van der Waals surface area (Å²) in [6, 6.07) is 7.38. The molecule has 5 N–H and O–H groups in total. The smallest absolute Gasteiger partial charge is 0.262 e. The summed E-state index contributed by atoms with van der Waals surface area (Å²) in [7, 11) is 0. The molecule has 0 aliphatic heterocycles. The highest BCUT2D eigenvalue weighted by Crippen LogP contribution is 2.17. The van der Waals surface area contributed by atoms with Gasteiger partial charge in [-0.3, -0.25) is 19.9 Å². The van der Waals surface area contributed by atoms with Crippen molar-refractivity contribution in [3.05, 3.63) is 69.1 Å². The van der Waals surface area contributed by atoms with Gasteiger partial charge in [-0.05, 0) is 36.1 Å². The number of carbonyl (C=O) groups is 1. The lowest BCUT2D eigenvalue weighted by molar-refractivity contribution is 0.102. The van der Waals surface area contributed by atoms with E-state index in [2.05, 4.69) is 25.3 Å². The van der Waals surface area contributed by atoms with Crippen molar-refractivity contribution in [1.29, 1.82) is 0 Å². The van der Waals surface area contributed by atoms with Crippen molar-refractivity contribution in [2.24, 2.45) is 0 Å². The third-order valence-electron chi connectivity index (χ3n) is 4.19. The number of H-pyrrole nitrogens is 2. The molecule has 0 saturated heterocycles. The van der Waals surface area contributed by atoms with Gasteiger partial charge in [0.25, 0.3) is 11.5 Å². The summed E-state index contributed by atoms with van der Waals surface area (Å²) < 4.78 is 0. The van der Waals surface area contributed by atoms with E-state index in [1.54, 1.807) is 29.9 Å². The van der Waals surface area contributed by atoms with Gasteiger partial charge >= 0.3 is 0 Å². The molecule has 0 radical (unpaired) electrons. The maximum atomic E-state index is 12.2. The van der Waals surface area contributed by atoms with Gasteiger partial charge in [-0.2, -0.15) is 4.98 Å². The second-order valence-electron chi connectivity index (χ2n) is 5.98. The Hall–Kier alpha value is -3.46. The third-order valence-corrected chi connectivity index (χ3v) is 4.88. The number of rotatable bonds is 5. The summed E-state index contributed by atoms with van der Waals surface area (Å²) in [6.45, 7) is 0. The molecule has 0 aliphatic carbocycles. The first-order valence-corrected chi connectivity index (χ1v) is 9.13. The standard InChI is InChI=1S/C18H16N6O2S/c19-17-22-14-13(16(26)23-17)12(9-21-14)6-3-10-1-4-11(5-2-10)15(25)24-18-20-7-8-27-18/h1-2,4-5,7-9H,3,6H2,(H,20,24,25)(H4,19,21,22,23,26). The van der Waals surface area contributed by atoms with E-state index < -0.39 is 0 Å². The zero-order valence-electron chi connectivity index (χ0n) is 14.2. The van der Waals surface area contributed by atoms with Crippen LogP contribution in [0.2, 0.25) is 0 Å². The van der Waals surface area contributed by atoms with Gasteiger partial charge in [0.1, 0.15) is 5.65 Å². The molecule has 3 heterocycles. The predicted octanol–water partition coefficient (Wildman–Crippen LogP) is 2.33. The zero-order valence-corrected chi connectivity index (χ0v) is 15.0. The summed E-state index contributed by atoms with van der Waals surface area (Å²) in [5, 5.41) is 5.66. The molecule has 0 saturated carbocycles. The monoisotopic (exact) mass is 380 g/mol. The van der Waals surface area contributed by atoms with Gasteiger partial charge in [0.2, 0.25) is 5.95 Å². The van der Waals surface area contributed by atoms with E-state index in [1.807, 2.05) is 12.1 Å². The van der Waals surface area contributed by atoms with Crippen molar-refractivity contribution in [1.82, 2.24) is 19.9 Å². The number of carbonyl (C=O) groups excluding carboxylic acids is 1. The Kier molecular flexibility index (Phi) is 4.43. The van der Waals surface area contributed by atoms with Crippen LogP contribution in [0.4, 0.5) is 11.1 Å². The normalized spacial score (nSPS) is 11.0. The summed E-state index contributed by atoms with van der Waals surface area (Å²) in [6.07, 6.45) is 4.82. The second kappa shape index (κ2) is 7.04. The Morgan fingerprint density at radius 3 is 2.78 bits per heavy atom. The van der Waals surface area contributed by atoms with Crippen LogP contribution in [0.3, 0.4) is 0 Å². The van der Waals surface area contributed by atoms with Crippen LogP contribution in [0.25, 0.3) is 11.0 Å². The number of anilines is 2. The van der Waals surface area contributed by atoms with Gasteiger partial charge in [0.15, 0.2) is 5.13 Å². The molecular weight excluding hydrogens is 364 g/mol. The Labute approximate surface area is 157 Å². The van der Waals surface area contributed by atoms with Crippen molar-refractivity contribution in [2.45, 2.75) is 12.8 Å². The van der Waals surface area contributed by atoms with Gasteiger partial charge in [0.05, 0.1) is 5.39 Å². The molecule has 8 nitrogen and oxygen atoms in total. The fraction of sp³-hybridized carbons (Fsp3) is 0.111. The minimum Gasteiger partial charge on any atom is -0.369 e. The quantitative estimate of drug-likeness (QED) is 0.422. The first-order valence-electron chi connectivity index (χ1n) is 8.25. The summed E-state index contributed by atoms with van der Waals surface area (Å²) in [5.74, 6) is -0.101. The fourth-order valence-electron chi connectivity index (χ4n) is 2.87. The Morgan fingerprint density at radius 2 is 2.04 bits per heavy atom. The number of fused-ring (bicyclic) bond motifs is 1. The van der Waals surface area contributed by atoms with E-state index in [9.17, 15) is 9.59 Å². The zero-order chi connectivity index (χ0) is 18.8. The SMILES string of the molecule is Nc1nc2[nH]cc(CCc3ccc(C(=O)Nc4nccs4)cc3)c2c(=O)[nH]1. The van der Waals surface area contributed by atoms with E-state index in [1.165, 1.54) is 11.3 Å². The van der Waals surface area contributed by atoms with E-state index in [0.29, 0.717) is 28.1 Å². The number of nitrogen functional groups attached to an aromatic ring is 1. The lowest BCUT2D eigenvalue weighted by Crippen LogP contribution is -2.12. The first kappa shape index (κ1) is 17.0. The van der Waals surface area contributed by atoms with Gasteiger partial charge in [-0.15, -0.1) is 11.3 Å². The topological polar surface area (TPSA) is 130 Å². The molecule has 1 amide bonds. The van der Waals surface area contributed by atoms with E-state index in [4.69, 9.17) is 5.73 Å². The fourth-order valence-corrected chi connectivity index (χ4v) is 3.40. The molecule has 3 aromatic heterocycles. The Balaban J connectivity index is 1.45. The number of nitrogens with two attached hydrogens (primary N) is 1. The van der Waals surface area contributed by atoms with Crippen molar-refractivity contribution in [3.8, 4) is 0 Å². The number of hydrogen-bond donors (Lipinski definition) is 4. The Bertz CT molecular complexity index is 1150. The highest BCUT2D eigenvalue weighted by molar-refractivity contribution is 7.13. The molecule has 0 unspecified atom stereocenters. The highest BCUT2D eigenvalue weighted by Gasteiger charge is 2.11. The minimum atomic E-state index is -0.247. The third kappa shape index (κ3) is 3.58. The Morgan fingerprint density at radius 1 is 1.22 bits per heavy atom. The van der Waals surface area contributed by atoms with Crippen LogP contribution in [-0.4, -0.2) is 25.8 Å². The van der Waals surface area contributed by atoms with Crippen LogP contribution in [0, 0.1) is 0 Å². The van der Waals surface area contributed by atoms with Crippen molar-refractivity contribution in [3.63, 3.8) is 0 Å². The number of amides is 1. The van der Waals surface area contributed by atoms with E-state index in [-0.39, 0.29) is 17.4 Å². The average Bonchev–Trinajstić information content (AvgIpc) is 3.30. The van der Waals surface area contributed by atoms with Gasteiger partial charge in [-0.1, -0.05) is 12.1 Å². The molecule has 0 fully saturated rings. The second-order valence-corrected chi connectivity index (χ2v) is 6.87. The van der Waals surface area contributed by atoms with Crippen LogP contribution in [0.1, 0.15) is 21.5 Å². The molecule has 0 atom stereocenters. The van der Waals surface area contributed by atoms with Crippen LogP contribution >= 0.6 is 11.3 Å². The first-order chi connectivity index (χ1) is 13.1. The minimum absolute atomic E-state index is 0.0903. The molecular formula is C18H16N6O2S. The van der Waals surface area contributed by atoms with E-state index in [0.717, 1.165) is 17.5 Å². The summed E-state index contributed by atoms with van der Waals surface area (Å²) >= 11 is 1.37. The maximum Gasteiger partial charge on any atom is 0.262 e. The van der Waals surface area contributed by atoms with Gasteiger partial charge in [0, 0.05) is 23.3 Å². The molecule has 4 rings (SSSR count). The number of thiazole rings is 1. The highest BCUT2D eigenvalue weighted by atomic mass is 32.1. The van der Waals surface area contributed by atoms with Crippen molar-refractivity contribution in [2.75, 3.05) is 11.1 Å². The average molecular weight is 380 g/mol. The maximum absolute atomic E-state index is 12.2. The van der Waals surface area contributed by atoms with Gasteiger partial charge in [-0.25, -0.2) is 4.98 Å². The number of nitrogens with one attached hydrogen (secondary N) is 3. The molecule has 1 aromatic carbocycles. The largest absolute Gasteiger partial charge is 0.369 e. The number of benzene rings is 1. The van der Waals surface area contributed by atoms with Crippen LogP contribution in [0.15, 0.2) is 46.8 Å². The molecule has 27 heavy (non-hydrogen) atoms. The van der Waals surface area contributed by atoms with Crippen LogP contribution in [0.5, 0.6) is 0 Å². The van der Waals surface area contributed by atoms with Crippen molar-refractivity contribution >= 4 is 39.4 Å². The molecule has 0 spiro atoms. The lowest BCUT2D eigenvalue weighted by Gasteiger charge is -2.04. The van der Waals surface area contributed by atoms with Crippen LogP contribution < -0.4 is 16.6 Å². The number of hydrogen-bond acceptors (Lipinski definition) is 6. The van der Waals surface area contributed by atoms with Gasteiger partial charge < -0.3 is 10.7 Å². The summed E-state index contributed by atoms with van der Waals surface area (Å²) in [5.41, 5.74) is 8.31. The van der Waals surface area contributed by atoms with Crippen molar-refractivity contribution < 1.29 is 4.79 Å². The molecule has 9 heteroatoms. The number of nitrogens with zero attached hydrogens (tertiary/aromatic N) is 2. The van der Waals surface area contributed by atoms with Crippen LogP contribution in [-0.2, 0) is 12.8 Å². The lowest BCUT2D eigenvalue weighted by atomic mass is 10.0. The predicted molar refractivity (Wildman–Crippen MR) is 105 cm³/mol. The number of aromatic nitrogens is 4. The number of aromatic amines is 2. The molecule has 0 bridgehead atoms. The summed E-state index contributed by atoms with van der Waals surface area (Å²) in [4.78, 5) is 37.9. The molecule has 136 valence electrons. The number of aryl methyl sites for hydroxylation is 2. The van der Waals surface area contributed by atoms with E-state index >= 15 is 0 Å².